The zero-order chi connectivity index (χ0) is 6.41. The van der Waals surface area contributed by atoms with Gasteiger partial charge in [-0.05, 0) is 17.9 Å². The van der Waals surface area contributed by atoms with Crippen LogP contribution in [0.4, 0.5) is 0 Å². The summed E-state index contributed by atoms with van der Waals surface area (Å²) in [7, 11) is 0. The first-order valence-corrected chi connectivity index (χ1v) is 2.70. The minimum atomic E-state index is 0.729. The largest absolute Gasteiger partial charge is 0.299 e. The lowest BCUT2D eigenvalue weighted by atomic mass is 10.4. The maximum atomic E-state index is 9.65. The van der Waals surface area contributed by atoms with Crippen molar-refractivity contribution in [3.63, 3.8) is 0 Å². The molecule has 0 fully saturated rings. The third-order valence-corrected chi connectivity index (χ3v) is 0.676. The number of rotatable bonds is 2. The number of aldehydes is 1. The van der Waals surface area contributed by atoms with Crippen molar-refractivity contribution in [3.05, 3.63) is 23.1 Å². The van der Waals surface area contributed by atoms with E-state index in [9.17, 15) is 4.79 Å². The Kier molecular flexibility index (Phi) is 4.36. The Bertz CT molecular complexity index is 120. The Morgan fingerprint density at radius 1 is 1.50 bits per heavy atom. The minimum absolute atomic E-state index is 0.729. The molecule has 44 valence electrons. The molecule has 0 N–H and O–H groups in total. The van der Waals surface area contributed by atoms with Crippen molar-refractivity contribution >= 4 is 18.9 Å². The number of thiol groups is 1. The average Bonchev–Trinajstić information content (AvgIpc) is 1.66. The molecule has 0 aromatic carbocycles. The fourth-order valence-electron chi connectivity index (χ4n) is 0.240. The van der Waals surface area contributed by atoms with Crippen LogP contribution in [0.25, 0.3) is 0 Å². The highest BCUT2D eigenvalue weighted by molar-refractivity contribution is 7.84. The highest BCUT2D eigenvalue weighted by atomic mass is 32.1. The Morgan fingerprint density at radius 2 is 2.12 bits per heavy atom. The van der Waals surface area contributed by atoms with E-state index in [0.29, 0.717) is 0 Å². The third-order valence-electron chi connectivity index (χ3n) is 0.527. The van der Waals surface area contributed by atoms with Gasteiger partial charge in [0.05, 0.1) is 0 Å². The second-order valence-corrected chi connectivity index (χ2v) is 2.03. The zero-order valence-corrected chi connectivity index (χ0v) is 5.56. The molecule has 0 rings (SSSR count). The minimum Gasteiger partial charge on any atom is -0.299 e. The molecule has 0 aliphatic carbocycles. The van der Waals surface area contributed by atoms with Crippen LogP contribution in [-0.4, -0.2) is 6.29 Å². The van der Waals surface area contributed by atoms with Crippen molar-refractivity contribution in [3.8, 4) is 0 Å². The second kappa shape index (κ2) is 4.65. The van der Waals surface area contributed by atoms with Gasteiger partial charge in [0.15, 0.2) is 0 Å². The van der Waals surface area contributed by atoms with Crippen molar-refractivity contribution < 1.29 is 4.79 Å². The summed E-state index contributed by atoms with van der Waals surface area (Å²) in [5.41, 5.74) is 0. The van der Waals surface area contributed by atoms with Crippen molar-refractivity contribution in [1.82, 2.24) is 0 Å². The number of hydrogen-bond donors (Lipinski definition) is 1. The molecular weight excluding hydrogens is 120 g/mol. The smallest absolute Gasteiger partial charge is 0.142 e. The Labute approximate surface area is 54.5 Å². The molecule has 0 spiro atoms. The van der Waals surface area contributed by atoms with Crippen LogP contribution in [0.2, 0.25) is 0 Å². The first kappa shape index (κ1) is 7.50. The molecule has 0 saturated heterocycles. The summed E-state index contributed by atoms with van der Waals surface area (Å²) in [6.07, 6.45) is 5.54. The van der Waals surface area contributed by atoms with Gasteiger partial charge in [-0.2, -0.15) is 0 Å². The topological polar surface area (TPSA) is 17.1 Å². The zero-order valence-electron chi connectivity index (χ0n) is 4.66. The van der Waals surface area contributed by atoms with E-state index in [4.69, 9.17) is 0 Å². The van der Waals surface area contributed by atoms with E-state index >= 15 is 0 Å². The van der Waals surface area contributed by atoms with E-state index < -0.39 is 0 Å². The average molecular weight is 128 g/mol. The lowest BCUT2D eigenvalue weighted by Gasteiger charge is -1.76. The molecule has 0 aromatic rings. The summed E-state index contributed by atoms with van der Waals surface area (Å²) < 4.78 is 0. The fourth-order valence-corrected chi connectivity index (χ4v) is 0.326. The normalized spacial score (nSPS) is 12.5. The lowest BCUT2D eigenvalue weighted by molar-refractivity contribution is -0.104. The highest BCUT2D eigenvalue weighted by Gasteiger charge is 1.68. The van der Waals surface area contributed by atoms with Crippen molar-refractivity contribution in [2.45, 2.75) is 6.92 Å². The van der Waals surface area contributed by atoms with E-state index in [1.54, 1.807) is 12.2 Å². The Hall–Kier alpha value is -0.500. The van der Waals surface area contributed by atoms with Gasteiger partial charge < -0.3 is 0 Å². The van der Waals surface area contributed by atoms with Crippen LogP contribution in [0.5, 0.6) is 0 Å². The molecule has 8 heavy (non-hydrogen) atoms. The second-order valence-electron chi connectivity index (χ2n) is 1.33. The molecule has 0 saturated carbocycles. The Morgan fingerprint density at radius 3 is 2.50 bits per heavy atom. The molecular formula is C6H8OS. The van der Waals surface area contributed by atoms with E-state index in [1.165, 1.54) is 6.08 Å². The SMILES string of the molecule is C/C(S)=C/C=C/C=O. The van der Waals surface area contributed by atoms with E-state index in [2.05, 4.69) is 12.6 Å². The molecule has 0 heterocycles. The van der Waals surface area contributed by atoms with Crippen molar-refractivity contribution in [1.29, 1.82) is 0 Å². The summed E-state index contributed by atoms with van der Waals surface area (Å²) in [5, 5.41) is 0. The number of allylic oxidation sites excluding steroid dienone is 4. The first-order valence-electron chi connectivity index (χ1n) is 2.25. The van der Waals surface area contributed by atoms with Gasteiger partial charge in [-0.1, -0.05) is 12.2 Å². The molecule has 0 bridgehead atoms. The van der Waals surface area contributed by atoms with E-state index in [-0.39, 0.29) is 0 Å². The third kappa shape index (κ3) is 5.50. The van der Waals surface area contributed by atoms with Crippen LogP contribution in [-0.2, 0) is 4.79 Å². The van der Waals surface area contributed by atoms with Gasteiger partial charge in [-0.3, -0.25) is 4.79 Å². The standard InChI is InChI=1S/C6H8OS/c1-6(8)4-2-3-5-7/h2-5,8H,1H3/b3-2+,6-4-. The Balaban J connectivity index is 3.57. The number of carbonyl (C=O) groups is 1. The van der Waals surface area contributed by atoms with Crippen molar-refractivity contribution in [2.75, 3.05) is 0 Å². The molecule has 1 nitrogen and oxygen atoms in total. The van der Waals surface area contributed by atoms with Gasteiger partial charge >= 0.3 is 0 Å². The maximum Gasteiger partial charge on any atom is 0.142 e. The monoisotopic (exact) mass is 128 g/mol. The fraction of sp³-hybridized carbons (Fsp3) is 0.167. The predicted molar refractivity (Wildman–Crippen MR) is 37.9 cm³/mol. The van der Waals surface area contributed by atoms with Gasteiger partial charge in [0, 0.05) is 0 Å². The molecule has 0 aliphatic rings. The van der Waals surface area contributed by atoms with Gasteiger partial charge in [0.25, 0.3) is 0 Å². The maximum absolute atomic E-state index is 9.65. The van der Waals surface area contributed by atoms with Crippen LogP contribution < -0.4 is 0 Å². The van der Waals surface area contributed by atoms with E-state index in [0.717, 1.165) is 11.2 Å². The van der Waals surface area contributed by atoms with Gasteiger partial charge in [0.1, 0.15) is 6.29 Å². The molecule has 0 aromatic heterocycles. The first-order chi connectivity index (χ1) is 3.77. The predicted octanol–water partition coefficient (Wildman–Crippen LogP) is 1.58. The summed E-state index contributed by atoms with van der Waals surface area (Å²) >= 11 is 3.96. The van der Waals surface area contributed by atoms with Gasteiger partial charge in [-0.25, -0.2) is 0 Å². The van der Waals surface area contributed by atoms with Crippen LogP contribution in [0.15, 0.2) is 23.1 Å². The van der Waals surface area contributed by atoms with Gasteiger partial charge in [-0.15, -0.1) is 12.6 Å². The van der Waals surface area contributed by atoms with Gasteiger partial charge in [0.2, 0.25) is 0 Å². The van der Waals surface area contributed by atoms with Crippen LogP contribution in [0, 0.1) is 0 Å². The van der Waals surface area contributed by atoms with Crippen molar-refractivity contribution in [2.24, 2.45) is 0 Å². The highest BCUT2D eigenvalue weighted by Crippen LogP contribution is 1.95. The van der Waals surface area contributed by atoms with Crippen LogP contribution >= 0.6 is 12.6 Å². The summed E-state index contributed by atoms with van der Waals surface area (Å²) in [6.45, 7) is 1.85. The van der Waals surface area contributed by atoms with Crippen LogP contribution in [0.3, 0.4) is 0 Å². The molecule has 0 unspecified atom stereocenters. The lowest BCUT2D eigenvalue weighted by Crippen LogP contribution is -1.57. The van der Waals surface area contributed by atoms with Crippen LogP contribution in [0.1, 0.15) is 6.92 Å². The summed E-state index contributed by atoms with van der Waals surface area (Å²) in [5.74, 6) is 0. The number of hydrogen-bond acceptors (Lipinski definition) is 2. The number of carbonyl (C=O) groups excluding carboxylic acids is 1. The molecule has 0 atom stereocenters. The quantitative estimate of drug-likeness (QED) is 0.258. The van der Waals surface area contributed by atoms with E-state index in [1.807, 2.05) is 6.92 Å². The molecule has 0 radical (unpaired) electrons. The summed E-state index contributed by atoms with van der Waals surface area (Å²) in [4.78, 5) is 10.5. The molecule has 0 amide bonds. The molecule has 2 heteroatoms. The summed E-state index contributed by atoms with van der Waals surface area (Å²) in [6, 6.07) is 0. The molecule has 0 aliphatic heterocycles.